The van der Waals surface area contributed by atoms with E-state index in [1.54, 1.807) is 23.9 Å². The summed E-state index contributed by atoms with van der Waals surface area (Å²) in [4.78, 5) is 27.3. The summed E-state index contributed by atoms with van der Waals surface area (Å²) in [7, 11) is 0. The number of hydrogen-bond acceptors (Lipinski definition) is 6. The van der Waals surface area contributed by atoms with E-state index >= 15 is 0 Å². The Balaban J connectivity index is 1.28. The number of nitrogens with one attached hydrogen (secondary N) is 2. The first-order chi connectivity index (χ1) is 14.4. The molecule has 7 rings (SSSR count). The van der Waals surface area contributed by atoms with Gasteiger partial charge in [0, 0.05) is 5.69 Å². The van der Waals surface area contributed by atoms with Crippen LogP contribution in [0.5, 0.6) is 5.75 Å². The third-order valence-electron chi connectivity index (χ3n) is 7.45. The zero-order valence-corrected chi connectivity index (χ0v) is 16.8. The van der Waals surface area contributed by atoms with Gasteiger partial charge in [-0.3, -0.25) is 9.59 Å². The van der Waals surface area contributed by atoms with Crippen LogP contribution in [0, 0.1) is 17.3 Å². The molecular weight excluding hydrogens is 384 g/mol. The lowest BCUT2D eigenvalue weighted by atomic mass is 9.46. The molecule has 0 radical (unpaired) electrons. The van der Waals surface area contributed by atoms with Crippen molar-refractivity contribution in [1.29, 1.82) is 0 Å². The molecule has 4 aliphatic carbocycles. The zero-order chi connectivity index (χ0) is 20.5. The van der Waals surface area contributed by atoms with E-state index in [4.69, 9.17) is 4.74 Å². The Kier molecular flexibility index (Phi) is 3.58. The fraction of sp³-hybridized carbons (Fsp3) is 0.571. The fourth-order valence-corrected chi connectivity index (χ4v) is 6.65. The summed E-state index contributed by atoms with van der Waals surface area (Å²) in [6, 6.07) is 5.39. The Bertz CT molecular complexity index is 1020. The summed E-state index contributed by atoms with van der Waals surface area (Å²) in [6.45, 7) is 1.71. The topological polar surface area (TPSA) is 111 Å². The number of hydrogen-bond donors (Lipinski definition) is 2. The van der Waals surface area contributed by atoms with Gasteiger partial charge in [0.2, 0.25) is 5.91 Å². The van der Waals surface area contributed by atoms with Gasteiger partial charge in [-0.25, -0.2) is 0 Å². The first kappa shape index (κ1) is 17.9. The molecule has 4 saturated carbocycles. The Labute approximate surface area is 173 Å². The molecule has 5 aliphatic rings. The lowest BCUT2D eigenvalue weighted by Gasteiger charge is -2.60. The van der Waals surface area contributed by atoms with Crippen LogP contribution >= 0.6 is 0 Å². The number of anilines is 2. The van der Waals surface area contributed by atoms with Crippen molar-refractivity contribution in [3.05, 3.63) is 24.5 Å². The maximum absolute atomic E-state index is 13.6. The van der Waals surface area contributed by atoms with E-state index in [2.05, 4.69) is 26.0 Å². The molecule has 0 saturated heterocycles. The second-order valence-electron chi connectivity index (χ2n) is 9.61. The van der Waals surface area contributed by atoms with Gasteiger partial charge in [0.25, 0.3) is 5.91 Å². The van der Waals surface area contributed by atoms with Crippen LogP contribution < -0.4 is 15.4 Å². The van der Waals surface area contributed by atoms with Gasteiger partial charge in [0.15, 0.2) is 12.4 Å². The van der Waals surface area contributed by atoms with E-state index in [9.17, 15) is 9.59 Å². The van der Waals surface area contributed by atoms with Gasteiger partial charge >= 0.3 is 0 Å². The van der Waals surface area contributed by atoms with E-state index in [1.807, 2.05) is 6.07 Å². The normalized spacial score (nSPS) is 36.0. The number of tetrazole rings is 1. The highest BCUT2D eigenvalue weighted by Crippen LogP contribution is 2.64. The maximum atomic E-state index is 13.6. The van der Waals surface area contributed by atoms with Crippen LogP contribution in [-0.4, -0.2) is 38.1 Å². The van der Waals surface area contributed by atoms with Gasteiger partial charge < -0.3 is 15.4 Å². The molecule has 2 amide bonds. The Morgan fingerprint density at radius 1 is 1.27 bits per heavy atom. The van der Waals surface area contributed by atoms with Crippen LogP contribution in [0.3, 0.4) is 0 Å². The molecule has 9 heteroatoms. The number of aromatic nitrogens is 4. The molecule has 4 bridgehead atoms. The van der Waals surface area contributed by atoms with Gasteiger partial charge in [0.1, 0.15) is 5.75 Å². The fourth-order valence-electron chi connectivity index (χ4n) is 6.65. The summed E-state index contributed by atoms with van der Waals surface area (Å²) in [5, 5.41) is 18.5. The minimum absolute atomic E-state index is 0.0532. The predicted molar refractivity (Wildman–Crippen MR) is 107 cm³/mol. The molecule has 2 aromatic rings. The number of amides is 2. The van der Waals surface area contributed by atoms with Gasteiger partial charge in [-0.15, -0.1) is 10.2 Å². The lowest BCUT2D eigenvalue weighted by Crippen LogP contribution is -2.60. The van der Waals surface area contributed by atoms with Crippen LogP contribution in [0.25, 0.3) is 0 Å². The zero-order valence-electron chi connectivity index (χ0n) is 16.8. The van der Waals surface area contributed by atoms with Gasteiger partial charge in [-0.2, -0.15) is 4.80 Å². The molecule has 156 valence electrons. The van der Waals surface area contributed by atoms with E-state index in [0.29, 0.717) is 29.0 Å². The number of fused-ring (bicyclic) bond motifs is 1. The highest BCUT2D eigenvalue weighted by molar-refractivity contribution is 6.00. The van der Waals surface area contributed by atoms with Crippen molar-refractivity contribution in [2.45, 2.75) is 57.1 Å². The van der Waals surface area contributed by atoms with Crippen LogP contribution in [0.1, 0.15) is 45.4 Å². The number of ether oxygens (including phenoxy) is 1. The van der Waals surface area contributed by atoms with Crippen LogP contribution in [0.15, 0.2) is 24.5 Å². The van der Waals surface area contributed by atoms with E-state index in [0.717, 1.165) is 32.1 Å². The van der Waals surface area contributed by atoms with Crippen molar-refractivity contribution in [1.82, 2.24) is 20.2 Å². The minimum atomic E-state index is -0.522. The number of carbonyl (C=O) groups is 2. The highest BCUT2D eigenvalue weighted by Gasteiger charge is 2.62. The van der Waals surface area contributed by atoms with Crippen molar-refractivity contribution in [2.75, 3.05) is 10.6 Å². The Hall–Kier alpha value is -2.97. The average Bonchev–Trinajstić information content (AvgIpc) is 3.24. The van der Waals surface area contributed by atoms with Gasteiger partial charge in [-0.1, -0.05) is 0 Å². The molecule has 2 N–H and O–H groups in total. The molecule has 30 heavy (non-hydrogen) atoms. The smallest absolute Gasteiger partial charge is 0.265 e. The summed E-state index contributed by atoms with van der Waals surface area (Å²) in [5.41, 5.74) is 0.638. The number of carbonyl (C=O) groups excluding carboxylic acids is 2. The van der Waals surface area contributed by atoms with Crippen LogP contribution in [0.4, 0.5) is 11.4 Å². The van der Waals surface area contributed by atoms with Crippen molar-refractivity contribution in [3.8, 4) is 5.75 Å². The predicted octanol–water partition coefficient (Wildman–Crippen LogP) is 2.33. The molecule has 1 aliphatic heterocycles. The highest BCUT2D eigenvalue weighted by atomic mass is 16.5. The van der Waals surface area contributed by atoms with E-state index in [-0.39, 0.29) is 17.4 Å². The van der Waals surface area contributed by atoms with Gasteiger partial charge in [0.05, 0.1) is 16.6 Å². The maximum Gasteiger partial charge on any atom is 0.265 e. The van der Waals surface area contributed by atoms with Crippen molar-refractivity contribution in [3.63, 3.8) is 0 Å². The van der Waals surface area contributed by atoms with E-state index in [1.165, 1.54) is 12.7 Å². The molecule has 2 unspecified atom stereocenters. The first-order valence-electron chi connectivity index (χ1n) is 10.6. The van der Waals surface area contributed by atoms with Crippen LogP contribution in [0.2, 0.25) is 0 Å². The average molecular weight is 408 g/mol. The summed E-state index contributed by atoms with van der Waals surface area (Å²) < 4.78 is 5.61. The monoisotopic (exact) mass is 408 g/mol. The molecule has 0 spiro atoms. The molecule has 2 heterocycles. The molecular formula is C21H24N6O3. The van der Waals surface area contributed by atoms with E-state index < -0.39 is 11.5 Å². The molecule has 9 nitrogen and oxygen atoms in total. The minimum Gasteiger partial charge on any atom is -0.479 e. The number of nitrogens with zero attached hydrogens (tertiary/aromatic N) is 4. The quantitative estimate of drug-likeness (QED) is 0.806. The van der Waals surface area contributed by atoms with Crippen LogP contribution in [-0.2, 0) is 15.1 Å². The third-order valence-corrected chi connectivity index (χ3v) is 7.45. The summed E-state index contributed by atoms with van der Waals surface area (Å²) in [5.74, 6) is 1.51. The Morgan fingerprint density at radius 2 is 2.07 bits per heavy atom. The largest absolute Gasteiger partial charge is 0.479 e. The summed E-state index contributed by atoms with van der Waals surface area (Å²) >= 11 is 0. The molecule has 5 atom stereocenters. The third kappa shape index (κ3) is 2.57. The molecule has 4 fully saturated rings. The summed E-state index contributed by atoms with van der Waals surface area (Å²) in [6.07, 6.45) is 6.76. The Morgan fingerprint density at radius 3 is 2.80 bits per heavy atom. The molecule has 1 aromatic carbocycles. The van der Waals surface area contributed by atoms with Crippen molar-refractivity contribution in [2.24, 2.45) is 17.3 Å². The van der Waals surface area contributed by atoms with Crippen molar-refractivity contribution >= 4 is 23.2 Å². The van der Waals surface area contributed by atoms with Crippen molar-refractivity contribution < 1.29 is 14.3 Å². The lowest BCUT2D eigenvalue weighted by molar-refractivity contribution is -0.152. The first-order valence-corrected chi connectivity index (χ1v) is 10.6. The number of rotatable bonds is 3. The molecule has 1 aromatic heterocycles. The standard InChI is InChI=1S/C21H24N6O3/c1-12-18(28)25-16-5-15(2-3-17(16)30-12)24-19(29)20-6-13-4-14(7-20)9-21(8-13,10-20)27-23-11-22-26-27/h2-3,5,11-14H,4,6-10H2,1H3,(H,24,29)(H,25,28)/t12-,13-,14+,20?,21?/m1/s1. The van der Waals surface area contributed by atoms with Gasteiger partial charge in [-0.05, 0) is 80.7 Å². The number of benzene rings is 1. The second-order valence-corrected chi connectivity index (χ2v) is 9.61. The SMILES string of the molecule is C[C@H]1Oc2ccc(NC(=O)C34C[C@H]5C[C@@H](C3)CC(n3ncnn3)(C5)C4)cc2NC1=O. The second kappa shape index (κ2) is 6.02.